The number of hydrogen-bond donors (Lipinski definition) is 1. The molecular weight excluding hydrogens is 297 g/mol. The molecule has 100 valence electrons. The van der Waals surface area contributed by atoms with E-state index in [1.165, 1.54) is 18.9 Å². The van der Waals surface area contributed by atoms with Crippen molar-refractivity contribution in [3.63, 3.8) is 0 Å². The van der Waals surface area contributed by atoms with Gasteiger partial charge in [0.2, 0.25) is 0 Å². The minimum Gasteiger partial charge on any atom is -0.396 e. The highest BCUT2D eigenvalue weighted by Gasteiger charge is 2.19. The molecule has 0 saturated carbocycles. The molecule has 0 radical (unpaired) electrons. The molecule has 0 amide bonds. The molecule has 0 bridgehead atoms. The van der Waals surface area contributed by atoms with Gasteiger partial charge in [0.25, 0.3) is 0 Å². The van der Waals surface area contributed by atoms with Crippen LogP contribution < -0.4 is 0 Å². The summed E-state index contributed by atoms with van der Waals surface area (Å²) >= 11 is 3.32. The number of halogens is 2. The number of hydrogen-bond acceptors (Lipinski definition) is 2. The summed E-state index contributed by atoms with van der Waals surface area (Å²) in [7, 11) is 0. The number of piperidine rings is 1. The summed E-state index contributed by atoms with van der Waals surface area (Å²) < 4.78 is 14.1. The van der Waals surface area contributed by atoms with Crippen molar-refractivity contribution in [2.45, 2.75) is 25.8 Å². The quantitative estimate of drug-likeness (QED) is 0.922. The second-order valence-electron chi connectivity index (χ2n) is 5.03. The Labute approximate surface area is 116 Å². The molecule has 1 fully saturated rings. The molecule has 1 atom stereocenters. The van der Waals surface area contributed by atoms with Crippen molar-refractivity contribution in [1.82, 2.24) is 4.90 Å². The third-order valence-corrected chi connectivity index (χ3v) is 3.93. The lowest BCUT2D eigenvalue weighted by molar-refractivity contribution is 0.142. The topological polar surface area (TPSA) is 23.5 Å². The summed E-state index contributed by atoms with van der Waals surface area (Å²) in [4.78, 5) is 2.35. The maximum atomic E-state index is 13.3. The van der Waals surface area contributed by atoms with Gasteiger partial charge in [-0.15, -0.1) is 0 Å². The summed E-state index contributed by atoms with van der Waals surface area (Å²) in [6, 6.07) is 5.05. The van der Waals surface area contributed by atoms with E-state index in [-0.39, 0.29) is 12.4 Å². The summed E-state index contributed by atoms with van der Waals surface area (Å²) in [6.45, 7) is 3.13. The third kappa shape index (κ3) is 4.04. The maximum absolute atomic E-state index is 13.3. The smallest absolute Gasteiger partial charge is 0.124 e. The Balaban J connectivity index is 1.95. The molecule has 18 heavy (non-hydrogen) atoms. The van der Waals surface area contributed by atoms with Crippen molar-refractivity contribution >= 4 is 15.9 Å². The molecule has 1 heterocycles. The summed E-state index contributed by atoms with van der Waals surface area (Å²) in [5.41, 5.74) is 1.01. The highest BCUT2D eigenvalue weighted by atomic mass is 79.9. The normalized spacial score (nSPS) is 21.2. The van der Waals surface area contributed by atoms with E-state index in [1.807, 2.05) is 6.07 Å². The van der Waals surface area contributed by atoms with Crippen LogP contribution in [0, 0.1) is 11.7 Å². The molecule has 2 nitrogen and oxygen atoms in total. The van der Waals surface area contributed by atoms with Crippen LogP contribution in [-0.4, -0.2) is 29.7 Å². The van der Waals surface area contributed by atoms with E-state index >= 15 is 0 Å². The SMILES string of the molecule is OCCC1CCCN(Cc2cc(F)cc(Br)c2)C1. The number of nitrogens with zero attached hydrogens (tertiary/aromatic N) is 1. The predicted molar refractivity (Wildman–Crippen MR) is 73.8 cm³/mol. The second-order valence-corrected chi connectivity index (χ2v) is 5.95. The average molecular weight is 316 g/mol. The van der Waals surface area contributed by atoms with E-state index in [1.54, 1.807) is 6.07 Å². The van der Waals surface area contributed by atoms with E-state index < -0.39 is 0 Å². The van der Waals surface area contributed by atoms with Crippen LogP contribution >= 0.6 is 15.9 Å². The molecule has 1 aromatic rings. The van der Waals surface area contributed by atoms with E-state index in [0.29, 0.717) is 5.92 Å². The summed E-state index contributed by atoms with van der Waals surface area (Å²) in [5, 5.41) is 8.99. The van der Waals surface area contributed by atoms with Gasteiger partial charge in [0, 0.05) is 24.2 Å². The maximum Gasteiger partial charge on any atom is 0.124 e. The van der Waals surface area contributed by atoms with E-state index in [2.05, 4.69) is 20.8 Å². The van der Waals surface area contributed by atoms with Crippen LogP contribution in [-0.2, 0) is 6.54 Å². The van der Waals surface area contributed by atoms with Crippen LogP contribution in [0.1, 0.15) is 24.8 Å². The molecule has 1 N–H and O–H groups in total. The fraction of sp³-hybridized carbons (Fsp3) is 0.571. The molecule has 0 spiro atoms. The highest BCUT2D eigenvalue weighted by molar-refractivity contribution is 9.10. The van der Waals surface area contributed by atoms with Gasteiger partial charge in [-0.2, -0.15) is 0 Å². The number of aliphatic hydroxyl groups is 1. The van der Waals surface area contributed by atoms with Crippen LogP contribution in [0.4, 0.5) is 4.39 Å². The van der Waals surface area contributed by atoms with Crippen molar-refractivity contribution in [2.24, 2.45) is 5.92 Å². The zero-order chi connectivity index (χ0) is 13.0. The first-order chi connectivity index (χ1) is 8.67. The van der Waals surface area contributed by atoms with Crippen molar-refractivity contribution in [1.29, 1.82) is 0 Å². The Morgan fingerprint density at radius 1 is 1.39 bits per heavy atom. The Kier molecular flexibility index (Phi) is 5.15. The number of rotatable bonds is 4. The lowest BCUT2D eigenvalue weighted by Crippen LogP contribution is -2.35. The van der Waals surface area contributed by atoms with Crippen molar-refractivity contribution in [3.05, 3.63) is 34.1 Å². The van der Waals surface area contributed by atoms with Crippen molar-refractivity contribution in [3.8, 4) is 0 Å². The lowest BCUT2D eigenvalue weighted by Gasteiger charge is -2.32. The molecule has 0 aliphatic carbocycles. The minimum atomic E-state index is -0.191. The van der Waals surface area contributed by atoms with Gasteiger partial charge in [0.15, 0.2) is 0 Å². The van der Waals surface area contributed by atoms with Gasteiger partial charge in [-0.05, 0) is 55.5 Å². The van der Waals surface area contributed by atoms with Crippen LogP contribution in [0.15, 0.2) is 22.7 Å². The third-order valence-electron chi connectivity index (χ3n) is 3.47. The zero-order valence-corrected chi connectivity index (χ0v) is 12.0. The largest absolute Gasteiger partial charge is 0.396 e. The Morgan fingerprint density at radius 3 is 2.94 bits per heavy atom. The zero-order valence-electron chi connectivity index (χ0n) is 10.4. The number of aliphatic hydroxyl groups excluding tert-OH is 1. The molecule has 1 saturated heterocycles. The van der Waals surface area contributed by atoms with Gasteiger partial charge in [-0.3, -0.25) is 4.90 Å². The Hall–Kier alpha value is -0.450. The molecule has 2 rings (SSSR count). The van der Waals surface area contributed by atoms with Gasteiger partial charge in [-0.1, -0.05) is 15.9 Å². The summed E-state index contributed by atoms with van der Waals surface area (Å²) in [6.07, 6.45) is 3.24. The standard InChI is InChI=1S/C14H19BrFNO/c15-13-6-12(7-14(16)8-13)10-17-4-1-2-11(9-17)3-5-18/h6-8,11,18H,1-5,9-10H2. The lowest BCUT2D eigenvalue weighted by atomic mass is 9.95. The van der Waals surface area contributed by atoms with E-state index in [9.17, 15) is 4.39 Å². The number of likely N-dealkylation sites (tertiary alicyclic amines) is 1. The molecule has 1 aliphatic rings. The molecular formula is C14H19BrFNO. The molecule has 0 aromatic heterocycles. The fourth-order valence-electron chi connectivity index (χ4n) is 2.67. The van der Waals surface area contributed by atoms with Crippen LogP contribution in [0.25, 0.3) is 0 Å². The Morgan fingerprint density at radius 2 is 2.22 bits per heavy atom. The predicted octanol–water partition coefficient (Wildman–Crippen LogP) is 3.18. The van der Waals surface area contributed by atoms with Gasteiger partial charge >= 0.3 is 0 Å². The van der Waals surface area contributed by atoms with Gasteiger partial charge in [-0.25, -0.2) is 4.39 Å². The first-order valence-corrected chi connectivity index (χ1v) is 7.25. The second kappa shape index (κ2) is 6.64. The van der Waals surface area contributed by atoms with Gasteiger partial charge < -0.3 is 5.11 Å². The minimum absolute atomic E-state index is 0.191. The van der Waals surface area contributed by atoms with Gasteiger partial charge in [0.1, 0.15) is 5.82 Å². The van der Waals surface area contributed by atoms with Crippen LogP contribution in [0.5, 0.6) is 0 Å². The fourth-order valence-corrected chi connectivity index (χ4v) is 3.19. The van der Waals surface area contributed by atoms with Crippen molar-refractivity contribution < 1.29 is 9.50 Å². The first-order valence-electron chi connectivity index (χ1n) is 6.45. The summed E-state index contributed by atoms with van der Waals surface area (Å²) in [5.74, 6) is 0.393. The van der Waals surface area contributed by atoms with Gasteiger partial charge in [0.05, 0.1) is 0 Å². The molecule has 1 aromatic carbocycles. The van der Waals surface area contributed by atoms with Crippen LogP contribution in [0.3, 0.4) is 0 Å². The van der Waals surface area contributed by atoms with E-state index in [0.717, 1.165) is 36.1 Å². The van der Waals surface area contributed by atoms with Crippen molar-refractivity contribution in [2.75, 3.05) is 19.7 Å². The highest BCUT2D eigenvalue weighted by Crippen LogP contribution is 2.22. The monoisotopic (exact) mass is 315 g/mol. The first kappa shape index (κ1) is 14.0. The Bertz CT molecular complexity index is 377. The molecule has 1 unspecified atom stereocenters. The number of benzene rings is 1. The van der Waals surface area contributed by atoms with E-state index in [4.69, 9.17) is 5.11 Å². The van der Waals surface area contributed by atoms with Crippen LogP contribution in [0.2, 0.25) is 0 Å². The molecule has 1 aliphatic heterocycles. The average Bonchev–Trinajstić information content (AvgIpc) is 2.28. The molecule has 4 heteroatoms.